The highest BCUT2D eigenvalue weighted by Gasteiger charge is 2.11. The van der Waals surface area contributed by atoms with Crippen LogP contribution < -0.4 is 10.6 Å². The summed E-state index contributed by atoms with van der Waals surface area (Å²) < 4.78 is 1.96. The van der Waals surface area contributed by atoms with Crippen LogP contribution in [0.3, 0.4) is 0 Å². The molecule has 0 aliphatic carbocycles. The summed E-state index contributed by atoms with van der Waals surface area (Å²) in [5.41, 5.74) is 3.50. The van der Waals surface area contributed by atoms with Gasteiger partial charge in [0.1, 0.15) is 17.5 Å². The molecule has 0 aliphatic rings. The number of hydrogen-bond donors (Lipinski definition) is 3. The molecule has 0 saturated carbocycles. The summed E-state index contributed by atoms with van der Waals surface area (Å²) in [5, 5.41) is 6.69. The first-order valence-corrected chi connectivity index (χ1v) is 8.05. The van der Waals surface area contributed by atoms with Gasteiger partial charge < -0.3 is 20.2 Å². The minimum absolute atomic E-state index is 0.149. The minimum Gasteiger partial charge on any atom is -0.346 e. The number of H-pyrrole nitrogens is 1. The molecule has 0 radical (unpaired) electrons. The number of nitrogens with zero attached hydrogens (tertiary/aromatic N) is 3. The van der Waals surface area contributed by atoms with Gasteiger partial charge in [-0.05, 0) is 12.0 Å². The van der Waals surface area contributed by atoms with E-state index in [1.807, 2.05) is 16.8 Å². The highest BCUT2D eigenvalue weighted by Crippen LogP contribution is 2.24. The average Bonchev–Trinajstić information content (AvgIpc) is 3.18. The first-order chi connectivity index (χ1) is 11.6. The second kappa shape index (κ2) is 6.74. The summed E-state index contributed by atoms with van der Waals surface area (Å²) in [6, 6.07) is 1.83. The summed E-state index contributed by atoms with van der Waals surface area (Å²) in [7, 11) is 0. The lowest BCUT2D eigenvalue weighted by atomic mass is 10.2. The lowest BCUT2D eigenvalue weighted by Crippen LogP contribution is -2.38. The maximum Gasteiger partial charge on any atom is 0.314 e. The third-order valence-corrected chi connectivity index (χ3v) is 3.80. The van der Waals surface area contributed by atoms with Crippen LogP contribution in [0.15, 0.2) is 31.4 Å². The highest BCUT2D eigenvalue weighted by molar-refractivity contribution is 6.02. The monoisotopic (exact) mass is 326 g/mol. The van der Waals surface area contributed by atoms with E-state index in [0.29, 0.717) is 25.4 Å². The van der Waals surface area contributed by atoms with Gasteiger partial charge in [0, 0.05) is 36.8 Å². The van der Waals surface area contributed by atoms with E-state index in [9.17, 15) is 4.79 Å². The number of aromatic nitrogens is 4. The molecule has 3 heterocycles. The molecular formula is C17H22N6O. The number of nitrogens with one attached hydrogen (secondary N) is 3. The molecule has 24 heavy (non-hydrogen) atoms. The summed E-state index contributed by atoms with van der Waals surface area (Å²) in [4.78, 5) is 23.5. The smallest absolute Gasteiger partial charge is 0.314 e. The summed E-state index contributed by atoms with van der Waals surface area (Å²) >= 11 is 0. The van der Waals surface area contributed by atoms with Crippen LogP contribution in [0.5, 0.6) is 0 Å². The topological polar surface area (TPSA) is 87.6 Å². The molecule has 3 rings (SSSR count). The predicted octanol–water partition coefficient (Wildman–Crippen LogP) is 2.73. The first-order valence-electron chi connectivity index (χ1n) is 8.05. The number of urea groups is 1. The van der Waals surface area contributed by atoms with E-state index in [2.05, 4.69) is 46.0 Å². The van der Waals surface area contributed by atoms with Gasteiger partial charge in [-0.15, -0.1) is 0 Å². The van der Waals surface area contributed by atoms with E-state index in [4.69, 9.17) is 0 Å². The number of rotatable bonds is 6. The van der Waals surface area contributed by atoms with Gasteiger partial charge in [-0.1, -0.05) is 20.4 Å². The lowest BCUT2D eigenvalue weighted by molar-refractivity contribution is 0.240. The molecule has 0 aromatic carbocycles. The van der Waals surface area contributed by atoms with Crippen LogP contribution in [0, 0.1) is 5.92 Å². The quantitative estimate of drug-likeness (QED) is 0.651. The summed E-state index contributed by atoms with van der Waals surface area (Å²) in [6.07, 6.45) is 5.99. The molecule has 3 aromatic rings. The SMILES string of the molecule is C=C(CCNC(=O)NCC(C)C)n1cnc2cnc3[nH]ccc3c21. The van der Waals surface area contributed by atoms with E-state index < -0.39 is 0 Å². The molecule has 0 spiro atoms. The molecule has 0 bridgehead atoms. The normalized spacial score (nSPS) is 11.3. The first kappa shape index (κ1) is 16.0. The maximum absolute atomic E-state index is 11.7. The van der Waals surface area contributed by atoms with Crippen molar-refractivity contribution in [2.75, 3.05) is 13.1 Å². The van der Waals surface area contributed by atoms with Crippen molar-refractivity contribution in [2.24, 2.45) is 5.92 Å². The lowest BCUT2D eigenvalue weighted by Gasteiger charge is -2.11. The second-order valence-electron chi connectivity index (χ2n) is 6.19. The van der Waals surface area contributed by atoms with Crippen molar-refractivity contribution in [1.82, 2.24) is 30.2 Å². The molecule has 3 aromatic heterocycles. The van der Waals surface area contributed by atoms with E-state index in [1.165, 1.54) is 0 Å². The molecule has 0 unspecified atom stereocenters. The summed E-state index contributed by atoms with van der Waals surface area (Å²) in [6.45, 7) is 9.43. The van der Waals surface area contributed by atoms with Gasteiger partial charge in [0.25, 0.3) is 0 Å². The fourth-order valence-corrected chi connectivity index (χ4v) is 2.55. The van der Waals surface area contributed by atoms with Crippen molar-refractivity contribution in [3.8, 4) is 0 Å². The Bertz CT molecular complexity index is 876. The van der Waals surface area contributed by atoms with E-state index in [0.717, 1.165) is 27.8 Å². The van der Waals surface area contributed by atoms with Crippen LogP contribution in [0.1, 0.15) is 20.3 Å². The van der Waals surface area contributed by atoms with Crippen LogP contribution in [0.4, 0.5) is 4.79 Å². The Morgan fingerprint density at radius 2 is 2.21 bits per heavy atom. The molecule has 0 aliphatic heterocycles. The van der Waals surface area contributed by atoms with Crippen LogP contribution in [0.25, 0.3) is 27.8 Å². The molecule has 126 valence electrons. The third kappa shape index (κ3) is 3.24. The Hall–Kier alpha value is -2.83. The van der Waals surface area contributed by atoms with Crippen LogP contribution in [-0.2, 0) is 0 Å². The van der Waals surface area contributed by atoms with Crippen molar-refractivity contribution in [3.05, 3.63) is 31.4 Å². The zero-order valence-corrected chi connectivity index (χ0v) is 14.0. The zero-order valence-electron chi connectivity index (χ0n) is 14.0. The Morgan fingerprint density at radius 3 is 3.00 bits per heavy atom. The highest BCUT2D eigenvalue weighted by atomic mass is 16.2. The minimum atomic E-state index is -0.149. The van der Waals surface area contributed by atoms with Gasteiger partial charge in [0.15, 0.2) is 0 Å². The molecule has 2 amide bonds. The number of fused-ring (bicyclic) bond motifs is 3. The Morgan fingerprint density at radius 1 is 1.38 bits per heavy atom. The molecular weight excluding hydrogens is 304 g/mol. The second-order valence-corrected chi connectivity index (χ2v) is 6.19. The fraction of sp³-hybridized carbons (Fsp3) is 0.353. The Balaban J connectivity index is 1.66. The molecule has 0 saturated heterocycles. The largest absolute Gasteiger partial charge is 0.346 e. The Labute approximate surface area is 140 Å². The number of pyridine rings is 1. The van der Waals surface area contributed by atoms with Gasteiger partial charge in [-0.3, -0.25) is 0 Å². The van der Waals surface area contributed by atoms with Gasteiger partial charge in [-0.2, -0.15) is 0 Å². The van der Waals surface area contributed by atoms with E-state index in [-0.39, 0.29) is 6.03 Å². The van der Waals surface area contributed by atoms with Gasteiger partial charge in [0.05, 0.1) is 11.7 Å². The number of aromatic amines is 1. The molecule has 3 N–H and O–H groups in total. The number of hydrogen-bond acceptors (Lipinski definition) is 3. The van der Waals surface area contributed by atoms with E-state index in [1.54, 1.807) is 12.5 Å². The van der Waals surface area contributed by atoms with Gasteiger partial charge >= 0.3 is 6.03 Å². The molecule has 7 heteroatoms. The van der Waals surface area contributed by atoms with Crippen LogP contribution in [-0.4, -0.2) is 38.6 Å². The molecule has 7 nitrogen and oxygen atoms in total. The van der Waals surface area contributed by atoms with Gasteiger partial charge in [0.2, 0.25) is 0 Å². The Kier molecular flexibility index (Phi) is 4.50. The number of carbonyl (C=O) groups is 1. The number of amides is 2. The van der Waals surface area contributed by atoms with Gasteiger partial charge in [-0.25, -0.2) is 14.8 Å². The fourth-order valence-electron chi connectivity index (χ4n) is 2.55. The maximum atomic E-state index is 11.7. The third-order valence-electron chi connectivity index (χ3n) is 3.80. The standard InChI is InChI=1S/C17H22N6O/c1-11(2)8-21-17(24)19-6-4-12(3)23-10-22-14-9-20-16-13(15(14)23)5-7-18-16/h5,7,9-11H,3-4,6,8H2,1-2H3,(H,18,20)(H2,19,21,24). The van der Waals surface area contributed by atoms with Crippen LogP contribution in [0.2, 0.25) is 0 Å². The average molecular weight is 326 g/mol. The number of imidazole rings is 1. The zero-order chi connectivity index (χ0) is 17.1. The summed E-state index contributed by atoms with van der Waals surface area (Å²) in [5.74, 6) is 0.431. The van der Waals surface area contributed by atoms with Crippen LogP contribution >= 0.6 is 0 Å². The molecule has 0 fully saturated rings. The van der Waals surface area contributed by atoms with Crippen molar-refractivity contribution in [2.45, 2.75) is 20.3 Å². The van der Waals surface area contributed by atoms with Crippen molar-refractivity contribution >= 4 is 33.8 Å². The van der Waals surface area contributed by atoms with Crippen molar-refractivity contribution in [1.29, 1.82) is 0 Å². The van der Waals surface area contributed by atoms with E-state index >= 15 is 0 Å². The predicted molar refractivity (Wildman–Crippen MR) is 95.6 cm³/mol. The van der Waals surface area contributed by atoms with Crippen molar-refractivity contribution < 1.29 is 4.79 Å². The van der Waals surface area contributed by atoms with Crippen molar-refractivity contribution in [3.63, 3.8) is 0 Å². The molecule has 0 atom stereocenters. The number of carbonyl (C=O) groups excluding carboxylic acids is 1.